The monoisotopic (exact) mass is 512 g/mol. The number of nitrogens with one attached hydrogen (secondary N) is 1. The van der Waals surface area contributed by atoms with Crippen LogP contribution in [0.4, 0.5) is 17.1 Å². The van der Waals surface area contributed by atoms with E-state index in [0.29, 0.717) is 0 Å². The number of fused-ring (bicyclic) bond motifs is 1. The fourth-order valence-corrected chi connectivity index (χ4v) is 6.18. The average Bonchev–Trinajstić information content (AvgIpc) is 3.54. The molecule has 0 saturated heterocycles. The minimum absolute atomic E-state index is 0.843. The molecule has 0 unspecified atom stereocenters. The summed E-state index contributed by atoms with van der Waals surface area (Å²) in [7, 11) is 4.17. The molecule has 1 aliphatic carbocycles. The predicted octanol–water partition coefficient (Wildman–Crippen LogP) is 7.87. The summed E-state index contributed by atoms with van der Waals surface area (Å²) in [6.07, 6.45) is 16.8. The number of benzene rings is 2. The number of hydrogen-bond acceptors (Lipinski definition) is 5. The van der Waals surface area contributed by atoms with E-state index in [1.165, 1.54) is 38.1 Å². The zero-order valence-electron chi connectivity index (χ0n) is 20.8. The molecule has 36 heavy (non-hydrogen) atoms. The van der Waals surface area contributed by atoms with Crippen molar-refractivity contribution in [1.82, 2.24) is 4.57 Å². The Bertz CT molecular complexity index is 1330. The molecule has 0 spiro atoms. The van der Waals surface area contributed by atoms with E-state index >= 15 is 0 Å². The molecule has 2 aromatic carbocycles. The van der Waals surface area contributed by atoms with Gasteiger partial charge >= 0.3 is 0 Å². The van der Waals surface area contributed by atoms with Crippen LogP contribution in [0.5, 0.6) is 0 Å². The van der Waals surface area contributed by atoms with E-state index in [2.05, 4.69) is 102 Å². The van der Waals surface area contributed by atoms with Crippen molar-refractivity contribution in [2.75, 3.05) is 35.8 Å². The molecule has 2 heterocycles. The Morgan fingerprint density at radius 1 is 1.06 bits per heavy atom. The van der Waals surface area contributed by atoms with Crippen LogP contribution in [0.25, 0.3) is 5.70 Å². The van der Waals surface area contributed by atoms with E-state index < -0.39 is 0 Å². The maximum Gasteiger partial charge on any atom is 0.0775 e. The number of aromatic nitrogens is 1. The first-order valence-electron chi connectivity index (χ1n) is 12.3. The fourth-order valence-electron chi connectivity index (χ4n) is 4.49. The number of allylic oxidation sites excluding steroid dienone is 6. The molecular weight excluding hydrogens is 480 g/mol. The highest BCUT2D eigenvalue weighted by Crippen LogP contribution is 2.41. The van der Waals surface area contributed by atoms with E-state index in [1.807, 2.05) is 18.2 Å². The summed E-state index contributed by atoms with van der Waals surface area (Å²) in [5.74, 6) is 0.890. The lowest BCUT2D eigenvalue weighted by Crippen LogP contribution is -2.09. The van der Waals surface area contributed by atoms with Crippen LogP contribution >= 0.6 is 23.5 Å². The number of anilines is 3. The smallest absolute Gasteiger partial charge is 0.0775 e. The van der Waals surface area contributed by atoms with Gasteiger partial charge in [0.2, 0.25) is 0 Å². The highest BCUT2D eigenvalue weighted by Gasteiger charge is 2.19. The van der Waals surface area contributed by atoms with E-state index in [0.717, 1.165) is 35.6 Å². The maximum atomic E-state index is 6.12. The van der Waals surface area contributed by atoms with E-state index in [4.69, 9.17) is 5.73 Å². The van der Waals surface area contributed by atoms with Crippen molar-refractivity contribution in [2.24, 2.45) is 0 Å². The van der Waals surface area contributed by atoms with E-state index in [9.17, 15) is 0 Å². The SMILES string of the molecule is CN(C)c1ccn(C2=C(/C=C/CSc3ccccc3N)CCC/C2=C\C=C2\Nc3ccccc3S2)c1. The highest BCUT2D eigenvalue weighted by molar-refractivity contribution is 8.03. The number of nitrogen functional groups attached to an aromatic ring is 1. The molecule has 3 aromatic rings. The van der Waals surface area contributed by atoms with Gasteiger partial charge in [-0.2, -0.15) is 0 Å². The first-order valence-corrected chi connectivity index (χ1v) is 14.1. The zero-order chi connectivity index (χ0) is 24.9. The zero-order valence-corrected chi connectivity index (χ0v) is 22.4. The molecule has 0 amide bonds. The van der Waals surface area contributed by atoms with Gasteiger partial charge in [-0.1, -0.05) is 54.3 Å². The summed E-state index contributed by atoms with van der Waals surface area (Å²) in [6, 6.07) is 18.7. The van der Waals surface area contributed by atoms with Crippen LogP contribution in [-0.4, -0.2) is 24.4 Å². The van der Waals surface area contributed by atoms with Crippen molar-refractivity contribution >= 4 is 46.3 Å². The molecule has 4 nitrogen and oxygen atoms in total. The molecule has 2 aliphatic rings. The molecule has 0 saturated carbocycles. The molecule has 3 N–H and O–H groups in total. The Kier molecular flexibility index (Phi) is 7.63. The van der Waals surface area contributed by atoms with Crippen LogP contribution < -0.4 is 16.0 Å². The van der Waals surface area contributed by atoms with Gasteiger partial charge in [-0.05, 0) is 66.8 Å². The van der Waals surface area contributed by atoms with Gasteiger partial charge in [0.05, 0.1) is 22.1 Å². The minimum atomic E-state index is 0.843. The summed E-state index contributed by atoms with van der Waals surface area (Å²) in [5, 5.41) is 4.71. The lowest BCUT2D eigenvalue weighted by molar-refractivity contribution is 0.785. The van der Waals surface area contributed by atoms with Crippen LogP contribution in [-0.2, 0) is 0 Å². The van der Waals surface area contributed by atoms with Crippen LogP contribution in [0, 0.1) is 0 Å². The van der Waals surface area contributed by atoms with Crippen molar-refractivity contribution in [3.8, 4) is 0 Å². The van der Waals surface area contributed by atoms with Gasteiger partial charge in [-0.25, -0.2) is 0 Å². The molecule has 6 heteroatoms. The van der Waals surface area contributed by atoms with Crippen LogP contribution in [0.2, 0.25) is 0 Å². The third-order valence-corrected chi connectivity index (χ3v) is 8.40. The van der Waals surface area contributed by atoms with E-state index in [-0.39, 0.29) is 0 Å². The molecule has 1 aromatic heterocycles. The molecule has 5 rings (SSSR count). The topological polar surface area (TPSA) is 46.2 Å². The number of para-hydroxylation sites is 2. The van der Waals surface area contributed by atoms with Crippen LogP contribution in [0.3, 0.4) is 0 Å². The van der Waals surface area contributed by atoms with Gasteiger partial charge in [0.1, 0.15) is 0 Å². The van der Waals surface area contributed by atoms with Gasteiger partial charge in [0.25, 0.3) is 0 Å². The normalized spacial score (nSPS) is 17.7. The fraction of sp³-hybridized carbons (Fsp3) is 0.200. The summed E-state index contributed by atoms with van der Waals surface area (Å²) >= 11 is 3.57. The summed E-state index contributed by atoms with van der Waals surface area (Å²) < 4.78 is 2.30. The number of nitrogens with zero attached hydrogens (tertiary/aromatic N) is 2. The van der Waals surface area contributed by atoms with Gasteiger partial charge in [0, 0.05) is 47.7 Å². The number of rotatable bonds is 7. The Labute approximate surface area is 222 Å². The van der Waals surface area contributed by atoms with Crippen LogP contribution in [0.15, 0.2) is 117 Å². The summed E-state index contributed by atoms with van der Waals surface area (Å²) in [4.78, 5) is 4.57. The second kappa shape index (κ2) is 11.2. The standard InChI is InChI=1S/C30H32N4S2/c1-33(2)24-18-19-34(21-24)30-22(11-8-20-35-27-14-5-3-12-25(27)31)9-7-10-23(30)16-17-29-32-26-13-4-6-15-28(26)36-29/h3-6,8,11-19,21,32H,7,9-10,20,31H2,1-2H3/b11-8+,23-16+,29-17-. The molecule has 0 radical (unpaired) electrons. The van der Waals surface area contributed by atoms with Gasteiger partial charge < -0.3 is 20.5 Å². The third kappa shape index (κ3) is 5.61. The molecular formula is C30H32N4S2. The van der Waals surface area contributed by atoms with Crippen molar-refractivity contribution < 1.29 is 0 Å². The number of thioether (sulfide) groups is 2. The first kappa shape index (κ1) is 24.5. The third-order valence-electron chi connectivity index (χ3n) is 6.33. The first-order chi connectivity index (χ1) is 17.6. The Hall–Kier alpha value is -3.22. The molecule has 0 fully saturated rings. The van der Waals surface area contributed by atoms with E-state index in [1.54, 1.807) is 23.5 Å². The predicted molar refractivity (Wildman–Crippen MR) is 159 cm³/mol. The average molecular weight is 513 g/mol. The number of nitrogens with two attached hydrogens (primary N) is 1. The Morgan fingerprint density at radius 2 is 1.89 bits per heavy atom. The second-order valence-corrected chi connectivity index (χ2v) is 11.2. The van der Waals surface area contributed by atoms with Crippen molar-refractivity contribution in [2.45, 2.75) is 29.1 Å². The molecule has 0 atom stereocenters. The lowest BCUT2D eigenvalue weighted by atomic mass is 9.91. The number of hydrogen-bond donors (Lipinski definition) is 2. The minimum Gasteiger partial charge on any atom is -0.398 e. The van der Waals surface area contributed by atoms with Gasteiger partial charge in [0.15, 0.2) is 0 Å². The largest absolute Gasteiger partial charge is 0.398 e. The Morgan fingerprint density at radius 3 is 2.69 bits per heavy atom. The van der Waals surface area contributed by atoms with Crippen molar-refractivity contribution in [1.29, 1.82) is 0 Å². The van der Waals surface area contributed by atoms with Gasteiger partial charge in [-0.3, -0.25) is 0 Å². The van der Waals surface area contributed by atoms with Crippen molar-refractivity contribution in [3.05, 3.63) is 107 Å². The maximum absolute atomic E-state index is 6.12. The molecule has 184 valence electrons. The van der Waals surface area contributed by atoms with Crippen LogP contribution in [0.1, 0.15) is 19.3 Å². The van der Waals surface area contributed by atoms with Crippen molar-refractivity contribution in [3.63, 3.8) is 0 Å². The quantitative estimate of drug-likeness (QED) is 0.249. The summed E-state index contributed by atoms with van der Waals surface area (Å²) in [5.41, 5.74) is 13.4. The molecule has 0 bridgehead atoms. The van der Waals surface area contributed by atoms with Gasteiger partial charge in [-0.15, -0.1) is 11.8 Å². The second-order valence-electron chi connectivity index (χ2n) is 9.10. The Balaban J connectivity index is 1.43. The molecule has 1 aliphatic heterocycles. The highest BCUT2D eigenvalue weighted by atomic mass is 32.2. The summed E-state index contributed by atoms with van der Waals surface area (Å²) in [6.45, 7) is 0. The lowest BCUT2D eigenvalue weighted by Gasteiger charge is -2.23.